The van der Waals surface area contributed by atoms with Gasteiger partial charge in [-0.2, -0.15) is 0 Å². The average Bonchev–Trinajstić information content (AvgIpc) is 2.68. The summed E-state index contributed by atoms with van der Waals surface area (Å²) in [6.45, 7) is 9.96. The number of hydrogen-bond donors (Lipinski definition) is 1. The lowest BCUT2D eigenvalue weighted by molar-refractivity contribution is -0.120. The molecule has 0 bridgehead atoms. The summed E-state index contributed by atoms with van der Waals surface area (Å²) in [5.41, 5.74) is 3.59. The van der Waals surface area contributed by atoms with Gasteiger partial charge in [-0.3, -0.25) is 4.79 Å². The fraction of sp³-hybridized carbons (Fsp3) is 0.417. The number of benzene rings is 2. The molecule has 1 amide bonds. The van der Waals surface area contributed by atoms with Gasteiger partial charge in [-0.1, -0.05) is 68.4 Å². The first-order valence-electron chi connectivity index (χ1n) is 10.1. The van der Waals surface area contributed by atoms with Crippen molar-refractivity contribution in [2.24, 2.45) is 5.92 Å². The highest BCUT2D eigenvalue weighted by atomic mass is 32.1. The molecular formula is C24H32N2OS. The van der Waals surface area contributed by atoms with E-state index in [0.717, 1.165) is 31.5 Å². The minimum absolute atomic E-state index is 0.0558. The summed E-state index contributed by atoms with van der Waals surface area (Å²) in [7, 11) is 0. The summed E-state index contributed by atoms with van der Waals surface area (Å²) in [4.78, 5) is 14.7. The van der Waals surface area contributed by atoms with Crippen molar-refractivity contribution in [3.05, 3.63) is 71.3 Å². The summed E-state index contributed by atoms with van der Waals surface area (Å²) < 4.78 is 0. The molecule has 150 valence electrons. The monoisotopic (exact) mass is 396 g/mol. The fourth-order valence-corrected chi connectivity index (χ4v) is 3.49. The van der Waals surface area contributed by atoms with E-state index in [9.17, 15) is 4.79 Å². The lowest BCUT2D eigenvalue weighted by Crippen LogP contribution is -2.44. The van der Waals surface area contributed by atoms with Crippen LogP contribution in [-0.2, 0) is 17.6 Å². The highest BCUT2D eigenvalue weighted by Crippen LogP contribution is 2.18. The second-order valence-electron chi connectivity index (χ2n) is 7.67. The zero-order valence-electron chi connectivity index (χ0n) is 17.4. The SMILES string of the molecule is CCN(CCc1ccccc1)C(=S)NC(=O)C(C)c1ccc(CC(C)C)cc1. The number of hydrogen-bond acceptors (Lipinski definition) is 2. The van der Waals surface area contributed by atoms with Crippen molar-refractivity contribution < 1.29 is 4.79 Å². The van der Waals surface area contributed by atoms with E-state index in [-0.39, 0.29) is 11.8 Å². The molecule has 0 aliphatic carbocycles. The second kappa shape index (κ2) is 11.0. The van der Waals surface area contributed by atoms with Crippen LogP contribution >= 0.6 is 12.2 Å². The van der Waals surface area contributed by atoms with Gasteiger partial charge in [-0.25, -0.2) is 0 Å². The molecule has 2 rings (SSSR count). The maximum absolute atomic E-state index is 12.7. The molecule has 0 heterocycles. The van der Waals surface area contributed by atoms with Crippen molar-refractivity contribution >= 4 is 23.2 Å². The first kappa shape index (κ1) is 22.1. The van der Waals surface area contributed by atoms with Gasteiger partial charge in [0.05, 0.1) is 5.92 Å². The topological polar surface area (TPSA) is 32.3 Å². The summed E-state index contributed by atoms with van der Waals surface area (Å²) in [5, 5.41) is 3.44. The Morgan fingerprint density at radius 2 is 1.64 bits per heavy atom. The van der Waals surface area contributed by atoms with E-state index in [1.165, 1.54) is 11.1 Å². The molecule has 28 heavy (non-hydrogen) atoms. The van der Waals surface area contributed by atoms with Gasteiger partial charge in [0.1, 0.15) is 0 Å². The molecule has 1 atom stereocenters. The minimum atomic E-state index is -0.237. The molecule has 3 nitrogen and oxygen atoms in total. The minimum Gasteiger partial charge on any atom is -0.349 e. The number of carbonyl (C=O) groups is 1. The van der Waals surface area contributed by atoms with E-state index in [4.69, 9.17) is 12.2 Å². The van der Waals surface area contributed by atoms with Crippen LogP contribution in [0, 0.1) is 5.92 Å². The van der Waals surface area contributed by atoms with E-state index in [0.29, 0.717) is 11.0 Å². The molecule has 0 spiro atoms. The fourth-order valence-electron chi connectivity index (χ4n) is 3.17. The Morgan fingerprint density at radius 1 is 1.00 bits per heavy atom. The third-order valence-corrected chi connectivity index (χ3v) is 5.29. The second-order valence-corrected chi connectivity index (χ2v) is 8.06. The van der Waals surface area contributed by atoms with E-state index < -0.39 is 0 Å². The van der Waals surface area contributed by atoms with Crippen molar-refractivity contribution in [1.29, 1.82) is 0 Å². The van der Waals surface area contributed by atoms with Gasteiger partial charge in [0.2, 0.25) is 5.91 Å². The van der Waals surface area contributed by atoms with Crippen molar-refractivity contribution in [2.75, 3.05) is 13.1 Å². The molecular weight excluding hydrogens is 364 g/mol. The van der Waals surface area contributed by atoms with Crippen molar-refractivity contribution in [3.63, 3.8) is 0 Å². The largest absolute Gasteiger partial charge is 0.349 e. The van der Waals surface area contributed by atoms with Crippen LogP contribution in [0.3, 0.4) is 0 Å². The van der Waals surface area contributed by atoms with Crippen LogP contribution < -0.4 is 5.32 Å². The standard InChI is InChI=1S/C24H32N2OS/c1-5-26(16-15-20-9-7-6-8-10-20)24(28)25-23(27)19(4)22-13-11-21(12-14-22)17-18(2)3/h6-14,18-19H,5,15-17H2,1-4H3,(H,25,27,28). The van der Waals surface area contributed by atoms with Crippen LogP contribution in [-0.4, -0.2) is 29.0 Å². The normalized spacial score (nSPS) is 11.9. The molecule has 4 heteroatoms. The molecule has 2 aromatic rings. The highest BCUT2D eigenvalue weighted by molar-refractivity contribution is 7.80. The zero-order chi connectivity index (χ0) is 20.5. The van der Waals surface area contributed by atoms with Crippen molar-refractivity contribution in [3.8, 4) is 0 Å². The number of amides is 1. The van der Waals surface area contributed by atoms with Gasteiger partial charge >= 0.3 is 0 Å². The van der Waals surface area contributed by atoms with Crippen LogP contribution in [0.4, 0.5) is 0 Å². The van der Waals surface area contributed by atoms with Crippen LogP contribution in [0.2, 0.25) is 0 Å². The van der Waals surface area contributed by atoms with Gasteiger partial charge < -0.3 is 10.2 Å². The predicted octanol–water partition coefficient (Wildman–Crippen LogP) is 4.95. The predicted molar refractivity (Wildman–Crippen MR) is 122 cm³/mol. The molecule has 0 radical (unpaired) electrons. The quantitative estimate of drug-likeness (QED) is 0.641. The van der Waals surface area contributed by atoms with E-state index >= 15 is 0 Å². The number of thiocarbonyl (C=S) groups is 1. The molecule has 0 aliphatic rings. The van der Waals surface area contributed by atoms with Gasteiger partial charge in [0, 0.05) is 13.1 Å². The molecule has 0 fully saturated rings. The number of likely N-dealkylation sites (N-methyl/N-ethyl adjacent to an activating group) is 1. The van der Waals surface area contributed by atoms with E-state index in [1.54, 1.807) is 0 Å². The van der Waals surface area contributed by atoms with Crippen LogP contribution in [0.1, 0.15) is 50.3 Å². The Bertz CT molecular complexity index is 756. The van der Waals surface area contributed by atoms with Crippen LogP contribution in [0.15, 0.2) is 54.6 Å². The third-order valence-electron chi connectivity index (χ3n) is 4.93. The molecule has 0 aromatic heterocycles. The molecule has 1 N–H and O–H groups in total. The molecule has 0 aliphatic heterocycles. The smallest absolute Gasteiger partial charge is 0.233 e. The maximum Gasteiger partial charge on any atom is 0.233 e. The summed E-state index contributed by atoms with van der Waals surface area (Å²) in [6, 6.07) is 18.7. The summed E-state index contributed by atoms with van der Waals surface area (Å²) in [6.07, 6.45) is 1.95. The van der Waals surface area contributed by atoms with Gasteiger partial charge in [0.25, 0.3) is 0 Å². The van der Waals surface area contributed by atoms with Gasteiger partial charge in [0.15, 0.2) is 5.11 Å². The van der Waals surface area contributed by atoms with Crippen LogP contribution in [0.5, 0.6) is 0 Å². The number of nitrogens with zero attached hydrogens (tertiary/aromatic N) is 1. The highest BCUT2D eigenvalue weighted by Gasteiger charge is 2.18. The zero-order valence-corrected chi connectivity index (χ0v) is 18.3. The number of nitrogens with one attached hydrogen (secondary N) is 1. The van der Waals surface area contributed by atoms with Crippen molar-refractivity contribution in [2.45, 2.75) is 46.5 Å². The average molecular weight is 397 g/mol. The Kier molecular flexibility index (Phi) is 8.65. The number of rotatable bonds is 8. The molecule has 0 saturated carbocycles. The molecule has 2 aromatic carbocycles. The number of carbonyl (C=O) groups excluding carboxylic acids is 1. The van der Waals surface area contributed by atoms with Gasteiger partial charge in [-0.05, 0) is 61.5 Å². The Labute approximate surface area is 175 Å². The lowest BCUT2D eigenvalue weighted by atomic mass is 9.96. The first-order chi connectivity index (χ1) is 13.4. The Balaban J connectivity index is 1.91. The van der Waals surface area contributed by atoms with E-state index in [2.05, 4.69) is 62.5 Å². The van der Waals surface area contributed by atoms with Crippen LogP contribution in [0.25, 0.3) is 0 Å². The van der Waals surface area contributed by atoms with Gasteiger partial charge in [-0.15, -0.1) is 0 Å². The molecule has 0 saturated heterocycles. The lowest BCUT2D eigenvalue weighted by Gasteiger charge is -2.25. The first-order valence-corrected chi connectivity index (χ1v) is 10.5. The Morgan fingerprint density at radius 3 is 2.21 bits per heavy atom. The van der Waals surface area contributed by atoms with E-state index in [1.807, 2.05) is 30.0 Å². The third kappa shape index (κ3) is 6.75. The molecule has 1 unspecified atom stereocenters. The maximum atomic E-state index is 12.7. The summed E-state index contributed by atoms with van der Waals surface area (Å²) >= 11 is 5.50. The Hall–Kier alpha value is -2.20. The summed E-state index contributed by atoms with van der Waals surface area (Å²) in [5.74, 6) is 0.332. The van der Waals surface area contributed by atoms with Crippen molar-refractivity contribution in [1.82, 2.24) is 10.2 Å².